The Balaban J connectivity index is 1.93. The molecule has 0 spiro atoms. The summed E-state index contributed by atoms with van der Waals surface area (Å²) in [6.07, 6.45) is 4.93. The summed E-state index contributed by atoms with van der Waals surface area (Å²) in [5, 5.41) is 11.2. The summed E-state index contributed by atoms with van der Waals surface area (Å²) in [5.74, 6) is -1.34. The van der Waals surface area contributed by atoms with Crippen molar-refractivity contribution >= 4 is 22.8 Å². The van der Waals surface area contributed by atoms with E-state index in [0.717, 1.165) is 21.0 Å². The maximum absolute atomic E-state index is 12.5. The molecule has 3 aromatic rings. The van der Waals surface area contributed by atoms with Crippen molar-refractivity contribution in [3.63, 3.8) is 0 Å². The fraction of sp³-hybridized carbons (Fsp3) is 0.211. The molecule has 0 amide bonds. The van der Waals surface area contributed by atoms with Crippen molar-refractivity contribution in [1.82, 2.24) is 14.5 Å². The van der Waals surface area contributed by atoms with Gasteiger partial charge in [-0.05, 0) is 30.2 Å². The van der Waals surface area contributed by atoms with E-state index in [2.05, 4.69) is 9.97 Å². The molecule has 0 aliphatic rings. The number of H-pyrrole nitrogens is 2. The van der Waals surface area contributed by atoms with E-state index in [1.165, 1.54) is 13.2 Å². The molecule has 140 valence electrons. The molecule has 0 atom stereocenters. The number of carbonyl (C=O) groups excluding carboxylic acids is 1. The number of allylic oxidation sites excluding steroid dienone is 1. The quantitative estimate of drug-likeness (QED) is 0.333. The highest BCUT2D eigenvalue weighted by Gasteiger charge is 2.19. The van der Waals surface area contributed by atoms with Crippen LogP contribution in [0.2, 0.25) is 0 Å². The van der Waals surface area contributed by atoms with Crippen molar-refractivity contribution in [2.24, 2.45) is 0 Å². The van der Waals surface area contributed by atoms with Gasteiger partial charge in [0.1, 0.15) is 5.56 Å². The minimum atomic E-state index is -0.922. The second-order valence-electron chi connectivity index (χ2n) is 5.94. The minimum absolute atomic E-state index is 0.113. The van der Waals surface area contributed by atoms with Crippen molar-refractivity contribution in [3.05, 3.63) is 68.5 Å². The van der Waals surface area contributed by atoms with Crippen LogP contribution < -0.4 is 11.2 Å². The number of aromatic amines is 2. The molecular formula is C19H19N3O5. The van der Waals surface area contributed by atoms with Crippen LogP contribution in [-0.4, -0.2) is 39.1 Å². The molecule has 0 saturated carbocycles. The molecule has 27 heavy (non-hydrogen) atoms. The van der Waals surface area contributed by atoms with Gasteiger partial charge < -0.3 is 14.8 Å². The molecule has 0 radical (unpaired) electrons. The van der Waals surface area contributed by atoms with Crippen molar-refractivity contribution in [2.45, 2.75) is 13.0 Å². The summed E-state index contributed by atoms with van der Waals surface area (Å²) in [7, 11) is 1.51. The summed E-state index contributed by atoms with van der Waals surface area (Å²) in [4.78, 5) is 41.6. The van der Waals surface area contributed by atoms with Crippen LogP contribution in [0.3, 0.4) is 0 Å². The topological polar surface area (TPSA) is 117 Å². The van der Waals surface area contributed by atoms with Crippen LogP contribution in [0.1, 0.15) is 22.3 Å². The third-order valence-corrected chi connectivity index (χ3v) is 4.18. The Morgan fingerprint density at radius 2 is 2.07 bits per heavy atom. The number of nitrogens with one attached hydrogen (secondary N) is 2. The third-order valence-electron chi connectivity index (χ3n) is 4.18. The first-order valence-electron chi connectivity index (χ1n) is 8.36. The van der Waals surface area contributed by atoms with Crippen LogP contribution in [0.15, 0.2) is 46.1 Å². The molecule has 1 aromatic carbocycles. The Morgan fingerprint density at radius 1 is 1.30 bits per heavy atom. The second kappa shape index (κ2) is 7.88. The molecule has 0 aliphatic carbocycles. The molecule has 2 aromatic heterocycles. The van der Waals surface area contributed by atoms with E-state index in [-0.39, 0.29) is 6.54 Å². The summed E-state index contributed by atoms with van der Waals surface area (Å²) >= 11 is 0. The van der Waals surface area contributed by atoms with Crippen molar-refractivity contribution in [3.8, 4) is 5.88 Å². The highest BCUT2D eigenvalue weighted by Crippen LogP contribution is 2.19. The number of aromatic nitrogens is 3. The number of rotatable bonds is 7. The Hall–Kier alpha value is -3.39. The summed E-state index contributed by atoms with van der Waals surface area (Å²) in [6, 6.07) is 7.57. The molecule has 2 heterocycles. The van der Waals surface area contributed by atoms with E-state index >= 15 is 0 Å². The largest absolute Gasteiger partial charge is 0.494 e. The highest BCUT2D eigenvalue weighted by molar-refractivity contribution is 6.08. The highest BCUT2D eigenvalue weighted by atomic mass is 16.5. The predicted molar refractivity (Wildman–Crippen MR) is 101 cm³/mol. The van der Waals surface area contributed by atoms with E-state index in [4.69, 9.17) is 4.74 Å². The number of hydrogen-bond donors (Lipinski definition) is 3. The minimum Gasteiger partial charge on any atom is -0.494 e. The Bertz CT molecular complexity index is 1120. The molecule has 0 aliphatic heterocycles. The van der Waals surface area contributed by atoms with Gasteiger partial charge in [-0.3, -0.25) is 19.1 Å². The molecule has 0 unspecified atom stereocenters. The summed E-state index contributed by atoms with van der Waals surface area (Å²) < 4.78 is 5.86. The average Bonchev–Trinajstić information content (AvgIpc) is 3.06. The molecule has 0 bridgehead atoms. The van der Waals surface area contributed by atoms with E-state index in [1.807, 2.05) is 24.3 Å². The van der Waals surface area contributed by atoms with Gasteiger partial charge in [0.25, 0.3) is 5.56 Å². The maximum Gasteiger partial charge on any atom is 0.331 e. The van der Waals surface area contributed by atoms with Crippen LogP contribution in [0.4, 0.5) is 0 Å². The Morgan fingerprint density at radius 3 is 2.85 bits per heavy atom. The molecule has 0 fully saturated rings. The van der Waals surface area contributed by atoms with Gasteiger partial charge in [0, 0.05) is 37.4 Å². The third kappa shape index (κ3) is 3.75. The zero-order valence-electron chi connectivity index (χ0n) is 14.7. The Labute approximate surface area is 153 Å². The van der Waals surface area contributed by atoms with Crippen molar-refractivity contribution < 1.29 is 14.6 Å². The monoisotopic (exact) mass is 369 g/mol. The fourth-order valence-corrected chi connectivity index (χ4v) is 2.84. The molecule has 3 rings (SSSR count). The van der Waals surface area contributed by atoms with Crippen LogP contribution in [0, 0.1) is 0 Å². The van der Waals surface area contributed by atoms with E-state index in [0.29, 0.717) is 13.0 Å². The summed E-state index contributed by atoms with van der Waals surface area (Å²) in [6.45, 7) is 0.483. The molecule has 8 nitrogen and oxygen atoms in total. The van der Waals surface area contributed by atoms with Crippen LogP contribution in [-0.2, 0) is 11.3 Å². The van der Waals surface area contributed by atoms with Gasteiger partial charge in [-0.1, -0.05) is 18.2 Å². The van der Waals surface area contributed by atoms with Crippen molar-refractivity contribution in [2.75, 3.05) is 13.7 Å². The number of methoxy groups -OCH3 is 1. The van der Waals surface area contributed by atoms with Crippen LogP contribution in [0.5, 0.6) is 5.88 Å². The van der Waals surface area contributed by atoms with Gasteiger partial charge in [0.2, 0.25) is 5.88 Å². The molecule has 3 N–H and O–H groups in total. The smallest absolute Gasteiger partial charge is 0.331 e. The van der Waals surface area contributed by atoms with Gasteiger partial charge in [-0.25, -0.2) is 4.79 Å². The SMILES string of the molecule is COCCCn1c(O)c(C(=O)/C=C/c2c[nH]c3ccccc23)c(=O)[nH]c1=O. The standard InChI is InChI=1S/C19H19N3O5/c1-27-10-4-9-22-18(25)16(17(24)21-19(22)26)15(23)8-7-12-11-20-14-6-3-2-5-13(12)14/h2-3,5-8,11,20,25H,4,9-10H2,1H3,(H,21,24,26)/b8-7+. The number of carbonyl (C=O) groups is 1. The molecule has 0 saturated heterocycles. The fourth-order valence-electron chi connectivity index (χ4n) is 2.84. The number of hydrogen-bond acceptors (Lipinski definition) is 5. The lowest BCUT2D eigenvalue weighted by molar-refractivity contribution is 0.104. The normalized spacial score (nSPS) is 11.4. The molecular weight excluding hydrogens is 350 g/mol. The zero-order valence-corrected chi connectivity index (χ0v) is 14.7. The van der Waals surface area contributed by atoms with Crippen LogP contribution >= 0.6 is 0 Å². The zero-order chi connectivity index (χ0) is 19.4. The predicted octanol–water partition coefficient (Wildman–Crippen LogP) is 1.66. The van der Waals surface area contributed by atoms with Gasteiger partial charge >= 0.3 is 5.69 Å². The average molecular weight is 369 g/mol. The first kappa shape index (κ1) is 18.4. The van der Waals surface area contributed by atoms with E-state index < -0.39 is 28.5 Å². The number of ether oxygens (including phenoxy) is 1. The second-order valence-corrected chi connectivity index (χ2v) is 5.94. The first-order chi connectivity index (χ1) is 13.0. The van der Waals surface area contributed by atoms with Crippen molar-refractivity contribution in [1.29, 1.82) is 0 Å². The number of ketones is 1. The van der Waals surface area contributed by atoms with E-state index in [9.17, 15) is 19.5 Å². The number of benzene rings is 1. The lowest BCUT2D eigenvalue weighted by atomic mass is 10.1. The van der Waals surface area contributed by atoms with Gasteiger partial charge in [-0.2, -0.15) is 0 Å². The maximum atomic E-state index is 12.5. The number of nitrogens with zero attached hydrogens (tertiary/aromatic N) is 1. The lowest BCUT2D eigenvalue weighted by Crippen LogP contribution is -2.33. The van der Waals surface area contributed by atoms with E-state index in [1.54, 1.807) is 12.3 Å². The Kier molecular flexibility index (Phi) is 5.37. The number of fused-ring (bicyclic) bond motifs is 1. The summed E-state index contributed by atoms with van der Waals surface area (Å²) in [5.41, 5.74) is -0.483. The van der Waals surface area contributed by atoms with Gasteiger partial charge in [0.15, 0.2) is 5.78 Å². The van der Waals surface area contributed by atoms with Gasteiger partial charge in [0.05, 0.1) is 0 Å². The van der Waals surface area contributed by atoms with Crippen LogP contribution in [0.25, 0.3) is 17.0 Å². The van der Waals surface area contributed by atoms with Gasteiger partial charge in [-0.15, -0.1) is 0 Å². The lowest BCUT2D eigenvalue weighted by Gasteiger charge is -2.09. The first-order valence-corrected chi connectivity index (χ1v) is 8.36. The molecule has 8 heteroatoms. The number of aromatic hydroxyl groups is 1. The number of para-hydroxylation sites is 1.